The molecule has 1 aliphatic carbocycles. The van der Waals surface area contributed by atoms with Crippen LogP contribution in [-0.4, -0.2) is 33.8 Å². The summed E-state index contributed by atoms with van der Waals surface area (Å²) in [5.74, 6) is 2.87. The highest BCUT2D eigenvalue weighted by Gasteiger charge is 2.42. The number of ether oxygens (including phenoxy) is 2. The van der Waals surface area contributed by atoms with Crippen LogP contribution in [0.5, 0.6) is 11.5 Å². The van der Waals surface area contributed by atoms with E-state index in [1.165, 1.54) is 0 Å². The fraction of sp³-hybridized carbons (Fsp3) is 0.346. The third kappa shape index (κ3) is 3.48. The summed E-state index contributed by atoms with van der Waals surface area (Å²) in [7, 11) is 0. The number of fused-ring (bicyclic) bond motifs is 2. The summed E-state index contributed by atoms with van der Waals surface area (Å²) in [6.07, 6.45) is 2.13. The number of benzene rings is 2. The van der Waals surface area contributed by atoms with Crippen LogP contribution in [0, 0.1) is 5.41 Å². The Hall–Kier alpha value is -3.61. The molecular weight excluding hydrogens is 416 g/mol. The van der Waals surface area contributed by atoms with E-state index in [1.807, 2.05) is 53.2 Å². The van der Waals surface area contributed by atoms with Gasteiger partial charge in [0, 0.05) is 29.7 Å². The maximum Gasteiger partial charge on any atom is 0.226 e. The minimum atomic E-state index is -0.373. The SMILES string of the molecule is CC1(C)CC(=O)C2=C(C1)Nc1nc(-c3ccccc3)nn1C2c1ccc2c(c1)OCCCO2. The molecule has 0 fully saturated rings. The molecule has 1 atom stereocenters. The summed E-state index contributed by atoms with van der Waals surface area (Å²) < 4.78 is 13.6. The summed E-state index contributed by atoms with van der Waals surface area (Å²) >= 11 is 0. The molecule has 0 bridgehead atoms. The lowest BCUT2D eigenvalue weighted by Gasteiger charge is -2.38. The van der Waals surface area contributed by atoms with Crippen LogP contribution in [0.15, 0.2) is 59.8 Å². The van der Waals surface area contributed by atoms with E-state index in [0.29, 0.717) is 37.2 Å². The van der Waals surface area contributed by atoms with Crippen molar-refractivity contribution in [3.8, 4) is 22.9 Å². The average Bonchev–Trinajstić information content (AvgIpc) is 3.07. The average molecular weight is 443 g/mol. The van der Waals surface area contributed by atoms with Crippen molar-refractivity contribution in [2.24, 2.45) is 5.41 Å². The maximum absolute atomic E-state index is 13.4. The summed E-state index contributed by atoms with van der Waals surface area (Å²) in [6, 6.07) is 15.5. The van der Waals surface area contributed by atoms with Crippen LogP contribution in [0.4, 0.5) is 5.95 Å². The van der Waals surface area contributed by atoms with Crippen molar-refractivity contribution < 1.29 is 14.3 Å². The van der Waals surface area contributed by atoms with Crippen molar-refractivity contribution in [1.29, 1.82) is 0 Å². The molecule has 6 rings (SSSR count). The number of allylic oxidation sites excluding steroid dienone is 2. The summed E-state index contributed by atoms with van der Waals surface area (Å²) in [5.41, 5.74) is 3.46. The van der Waals surface area contributed by atoms with Crippen LogP contribution in [0.25, 0.3) is 11.4 Å². The number of carbonyl (C=O) groups is 1. The number of anilines is 1. The van der Waals surface area contributed by atoms with Gasteiger partial charge in [0.05, 0.1) is 13.2 Å². The van der Waals surface area contributed by atoms with Crippen molar-refractivity contribution in [1.82, 2.24) is 14.8 Å². The highest BCUT2D eigenvalue weighted by atomic mass is 16.5. The number of hydrogen-bond acceptors (Lipinski definition) is 6. The molecule has 1 N–H and O–H groups in total. The quantitative estimate of drug-likeness (QED) is 0.616. The van der Waals surface area contributed by atoms with Gasteiger partial charge in [0.1, 0.15) is 6.04 Å². The number of rotatable bonds is 2. The molecule has 0 saturated carbocycles. The van der Waals surface area contributed by atoms with Crippen LogP contribution >= 0.6 is 0 Å². The van der Waals surface area contributed by atoms with Gasteiger partial charge in [-0.2, -0.15) is 4.98 Å². The molecule has 0 radical (unpaired) electrons. The first-order valence-corrected chi connectivity index (χ1v) is 11.4. The van der Waals surface area contributed by atoms with Gasteiger partial charge >= 0.3 is 0 Å². The molecule has 0 saturated heterocycles. The predicted octanol–water partition coefficient (Wildman–Crippen LogP) is 4.76. The normalized spacial score (nSPS) is 21.0. The fourth-order valence-electron chi connectivity index (χ4n) is 4.98. The van der Waals surface area contributed by atoms with Gasteiger partial charge in [0.2, 0.25) is 5.95 Å². The highest BCUT2D eigenvalue weighted by Crippen LogP contribution is 2.46. The van der Waals surface area contributed by atoms with Crippen LogP contribution in [-0.2, 0) is 4.79 Å². The van der Waals surface area contributed by atoms with Crippen LogP contribution in [0.3, 0.4) is 0 Å². The molecule has 2 aromatic carbocycles. The number of hydrogen-bond donors (Lipinski definition) is 1. The third-order valence-electron chi connectivity index (χ3n) is 6.45. The lowest BCUT2D eigenvalue weighted by molar-refractivity contribution is -0.118. The lowest BCUT2D eigenvalue weighted by Crippen LogP contribution is -2.36. The van der Waals surface area contributed by atoms with Gasteiger partial charge in [-0.15, -0.1) is 5.10 Å². The molecule has 7 heteroatoms. The Kier molecular flexibility index (Phi) is 4.54. The van der Waals surface area contributed by atoms with E-state index in [4.69, 9.17) is 19.6 Å². The first-order chi connectivity index (χ1) is 16.0. The Morgan fingerprint density at radius 3 is 2.64 bits per heavy atom. The second kappa shape index (κ2) is 7.47. The van der Waals surface area contributed by atoms with Crippen LogP contribution in [0.1, 0.15) is 44.7 Å². The molecule has 2 aliphatic heterocycles. The number of Topliss-reactive ketones (excluding diaryl/α,β-unsaturated/α-hetero) is 1. The van der Waals surface area contributed by atoms with Crippen molar-refractivity contribution in [2.45, 2.75) is 39.2 Å². The van der Waals surface area contributed by atoms with E-state index in [9.17, 15) is 4.79 Å². The van der Waals surface area contributed by atoms with Gasteiger partial charge in [0.25, 0.3) is 0 Å². The Bertz CT molecular complexity index is 1280. The Labute approximate surface area is 192 Å². The number of ketones is 1. The second-order valence-electron chi connectivity index (χ2n) is 9.69. The number of nitrogens with zero attached hydrogens (tertiary/aromatic N) is 3. The summed E-state index contributed by atoms with van der Waals surface area (Å²) in [4.78, 5) is 18.2. The van der Waals surface area contributed by atoms with E-state index in [-0.39, 0.29) is 17.2 Å². The first kappa shape index (κ1) is 20.0. The molecular formula is C26H26N4O3. The van der Waals surface area contributed by atoms with Crippen LogP contribution in [0.2, 0.25) is 0 Å². The smallest absolute Gasteiger partial charge is 0.226 e. The summed E-state index contributed by atoms with van der Waals surface area (Å²) in [5, 5.41) is 8.30. The van der Waals surface area contributed by atoms with Gasteiger partial charge in [-0.3, -0.25) is 4.79 Å². The van der Waals surface area contributed by atoms with Crippen molar-refractivity contribution >= 4 is 11.7 Å². The van der Waals surface area contributed by atoms with Crippen molar-refractivity contribution in [2.75, 3.05) is 18.5 Å². The molecule has 0 amide bonds. The zero-order valence-corrected chi connectivity index (χ0v) is 18.8. The molecule has 3 aromatic rings. The van der Waals surface area contributed by atoms with Gasteiger partial charge in [-0.05, 0) is 29.5 Å². The molecule has 33 heavy (non-hydrogen) atoms. The minimum absolute atomic E-state index is 0.108. The van der Waals surface area contributed by atoms with Gasteiger partial charge in [-0.1, -0.05) is 50.2 Å². The second-order valence-corrected chi connectivity index (χ2v) is 9.69. The largest absolute Gasteiger partial charge is 0.490 e. The number of aromatic nitrogens is 3. The van der Waals surface area contributed by atoms with Gasteiger partial charge < -0.3 is 14.8 Å². The van der Waals surface area contributed by atoms with Gasteiger partial charge in [0.15, 0.2) is 23.1 Å². The number of nitrogens with one attached hydrogen (secondary N) is 1. The lowest BCUT2D eigenvalue weighted by atomic mass is 9.73. The monoisotopic (exact) mass is 442 g/mol. The fourth-order valence-corrected chi connectivity index (χ4v) is 4.98. The Balaban J connectivity index is 1.51. The molecule has 0 spiro atoms. The standard InChI is InChI=1S/C26H26N4O3/c1-26(2)14-18-22(19(31)15-26)23(17-9-10-20-21(13-17)33-12-6-11-32-20)30-25(27-18)28-24(29-30)16-7-4-3-5-8-16/h3-5,7-10,13,23H,6,11-12,14-15H2,1-2H3,(H,27,28,29). The Morgan fingerprint density at radius 2 is 1.82 bits per heavy atom. The minimum Gasteiger partial charge on any atom is -0.490 e. The molecule has 3 heterocycles. The zero-order chi connectivity index (χ0) is 22.6. The number of carbonyl (C=O) groups excluding carboxylic acids is 1. The molecule has 168 valence electrons. The zero-order valence-electron chi connectivity index (χ0n) is 18.8. The highest BCUT2D eigenvalue weighted by molar-refractivity contribution is 6.00. The van der Waals surface area contributed by atoms with Crippen LogP contribution < -0.4 is 14.8 Å². The van der Waals surface area contributed by atoms with E-state index < -0.39 is 0 Å². The van der Waals surface area contributed by atoms with Crippen molar-refractivity contribution in [3.05, 3.63) is 65.4 Å². The van der Waals surface area contributed by atoms with Crippen molar-refractivity contribution in [3.63, 3.8) is 0 Å². The van der Waals surface area contributed by atoms with E-state index in [1.54, 1.807) is 0 Å². The molecule has 7 nitrogen and oxygen atoms in total. The maximum atomic E-state index is 13.4. The third-order valence-corrected chi connectivity index (χ3v) is 6.45. The molecule has 3 aliphatic rings. The van der Waals surface area contributed by atoms with E-state index >= 15 is 0 Å². The van der Waals surface area contributed by atoms with E-state index in [2.05, 4.69) is 19.2 Å². The Morgan fingerprint density at radius 1 is 1.03 bits per heavy atom. The van der Waals surface area contributed by atoms with E-state index in [0.717, 1.165) is 41.0 Å². The molecule has 1 aromatic heterocycles. The first-order valence-electron chi connectivity index (χ1n) is 11.4. The predicted molar refractivity (Wildman–Crippen MR) is 124 cm³/mol. The molecule has 1 unspecified atom stereocenters. The topological polar surface area (TPSA) is 78.3 Å². The van der Waals surface area contributed by atoms with Gasteiger partial charge in [-0.25, -0.2) is 4.68 Å². The summed E-state index contributed by atoms with van der Waals surface area (Å²) in [6.45, 7) is 5.51.